The Morgan fingerprint density at radius 3 is 3.14 bits per heavy atom. The molecule has 1 N–H and O–H groups in total. The fourth-order valence-corrected chi connectivity index (χ4v) is 4.27. The van der Waals surface area contributed by atoms with Crippen molar-refractivity contribution in [3.8, 4) is 0 Å². The van der Waals surface area contributed by atoms with Gasteiger partial charge in [-0.15, -0.1) is 0 Å². The van der Waals surface area contributed by atoms with Crippen molar-refractivity contribution < 1.29 is 5.76 Å². The highest BCUT2D eigenvalue weighted by molar-refractivity contribution is 5.74. The number of nitrogens with one attached hydrogen (secondary N) is 1. The molecule has 6 nitrogen and oxygen atoms in total. The Morgan fingerprint density at radius 1 is 1.36 bits per heavy atom. The lowest BCUT2D eigenvalue weighted by molar-refractivity contribution is 0.575. The fourth-order valence-electron chi connectivity index (χ4n) is 4.27. The van der Waals surface area contributed by atoms with E-state index in [2.05, 4.69) is 26.9 Å². The number of anilines is 1. The molecule has 2 bridgehead atoms. The van der Waals surface area contributed by atoms with E-state index in [1.54, 1.807) is 16.8 Å². The summed E-state index contributed by atoms with van der Waals surface area (Å²) in [5.41, 5.74) is 3.83. The van der Waals surface area contributed by atoms with Crippen molar-refractivity contribution in [3.63, 3.8) is 0 Å². The van der Waals surface area contributed by atoms with Gasteiger partial charge in [-0.05, 0) is 50.3 Å². The van der Waals surface area contributed by atoms with E-state index in [-0.39, 0.29) is 11.9 Å². The van der Waals surface area contributed by atoms with E-state index in [4.69, 9.17) is 6.35 Å². The van der Waals surface area contributed by atoms with Gasteiger partial charge in [0.15, 0.2) is 5.65 Å². The molecule has 5 rings (SSSR count). The first-order valence-corrected chi connectivity index (χ1v) is 9.64. The minimum absolute atomic E-state index is 0.0171. The number of pyridine rings is 1. The van der Waals surface area contributed by atoms with Crippen LogP contribution in [0.3, 0.4) is 0 Å². The number of aryl methyl sites for hydroxylation is 1. The van der Waals surface area contributed by atoms with Crippen LogP contribution in [-0.4, -0.2) is 32.1 Å². The maximum atomic E-state index is 14.1. The quantitative estimate of drug-likeness (QED) is 0.648. The zero-order valence-electron chi connectivity index (χ0n) is 16.8. The maximum Gasteiger partial charge on any atom is 0.166 e. The SMILES string of the molecule is [2H]C1(C)CCc2ncc(F)cc2C2CCCN2c2ccn3ncc(c3n2)C(=C)N1. The fraction of sp³-hybridized carbons (Fsp3) is 0.381. The van der Waals surface area contributed by atoms with Gasteiger partial charge < -0.3 is 10.2 Å². The number of rotatable bonds is 0. The molecule has 1 saturated heterocycles. The third-order valence-corrected chi connectivity index (χ3v) is 5.66. The van der Waals surface area contributed by atoms with E-state index >= 15 is 0 Å². The minimum atomic E-state index is -0.959. The average Bonchev–Trinajstić information content (AvgIpc) is 3.32. The third kappa shape index (κ3) is 2.82. The van der Waals surface area contributed by atoms with Crippen molar-refractivity contribution in [2.24, 2.45) is 0 Å². The van der Waals surface area contributed by atoms with E-state index in [0.717, 1.165) is 42.0 Å². The minimum Gasteiger partial charge on any atom is -0.382 e. The molecule has 2 unspecified atom stereocenters. The first kappa shape index (κ1) is 16.0. The van der Waals surface area contributed by atoms with Crippen LogP contribution in [0.15, 0.2) is 37.3 Å². The van der Waals surface area contributed by atoms with E-state index in [9.17, 15) is 4.39 Å². The molecule has 0 radical (unpaired) electrons. The molecule has 0 spiro atoms. The van der Waals surface area contributed by atoms with Crippen LogP contribution in [0.1, 0.15) is 50.4 Å². The summed E-state index contributed by atoms with van der Waals surface area (Å²) in [6, 6.07) is 2.60. The second-order valence-corrected chi connectivity index (χ2v) is 7.54. The van der Waals surface area contributed by atoms with Crippen LogP contribution in [0.2, 0.25) is 0 Å². The van der Waals surface area contributed by atoms with E-state index in [1.807, 2.05) is 19.2 Å². The van der Waals surface area contributed by atoms with Gasteiger partial charge in [-0.1, -0.05) is 6.58 Å². The second kappa shape index (κ2) is 6.58. The Kier molecular flexibility index (Phi) is 3.77. The summed E-state index contributed by atoms with van der Waals surface area (Å²) >= 11 is 0. The molecular weight excluding hydrogens is 355 g/mol. The van der Waals surface area contributed by atoms with Gasteiger partial charge in [-0.3, -0.25) is 4.98 Å². The highest BCUT2D eigenvalue weighted by Gasteiger charge is 2.30. The first-order chi connectivity index (χ1) is 13.9. The Labute approximate surface area is 164 Å². The summed E-state index contributed by atoms with van der Waals surface area (Å²) in [7, 11) is 0. The van der Waals surface area contributed by atoms with Crippen LogP contribution in [0.25, 0.3) is 11.3 Å². The highest BCUT2D eigenvalue weighted by Crippen LogP contribution is 2.37. The molecule has 2 aliphatic heterocycles. The lowest BCUT2D eigenvalue weighted by atomic mass is 9.98. The van der Waals surface area contributed by atoms with E-state index in [0.29, 0.717) is 24.2 Å². The van der Waals surface area contributed by atoms with Crippen molar-refractivity contribution in [2.75, 3.05) is 11.4 Å². The van der Waals surface area contributed by atoms with Crippen molar-refractivity contribution >= 4 is 17.2 Å². The molecule has 2 atom stereocenters. The summed E-state index contributed by atoms with van der Waals surface area (Å²) in [6.45, 7) is 6.79. The van der Waals surface area contributed by atoms with Gasteiger partial charge in [-0.25, -0.2) is 13.9 Å². The molecule has 0 saturated carbocycles. The molecule has 3 aromatic rings. The molecule has 0 aromatic carbocycles. The van der Waals surface area contributed by atoms with Crippen LogP contribution in [0.4, 0.5) is 10.2 Å². The van der Waals surface area contributed by atoms with Crippen LogP contribution in [0, 0.1) is 5.82 Å². The molecule has 144 valence electrons. The summed E-state index contributed by atoms with van der Waals surface area (Å²) in [4.78, 5) is 11.5. The molecule has 28 heavy (non-hydrogen) atoms. The molecular formula is C21H23FN6. The molecule has 2 aliphatic rings. The molecule has 7 heteroatoms. The number of fused-ring (bicyclic) bond motifs is 5. The Hall–Kier alpha value is -2.96. The summed E-state index contributed by atoms with van der Waals surface area (Å²) < 4.78 is 24.6. The lowest BCUT2D eigenvalue weighted by Gasteiger charge is -2.27. The number of halogens is 1. The first-order valence-electron chi connectivity index (χ1n) is 10.1. The molecule has 3 aromatic heterocycles. The number of hydrogen-bond acceptors (Lipinski definition) is 5. The molecule has 0 aliphatic carbocycles. The van der Waals surface area contributed by atoms with E-state index in [1.165, 1.54) is 6.20 Å². The number of aromatic nitrogens is 4. The van der Waals surface area contributed by atoms with Crippen LogP contribution in [-0.2, 0) is 6.42 Å². The monoisotopic (exact) mass is 379 g/mol. The summed E-state index contributed by atoms with van der Waals surface area (Å²) in [5, 5.41) is 7.58. The van der Waals surface area contributed by atoms with Crippen molar-refractivity contribution in [2.45, 2.75) is 44.7 Å². The molecule has 0 amide bonds. The standard InChI is InChI=1S/C21H23FN6/c1-13-5-6-18-16(10-15(22)11-23-18)19-4-3-8-27(19)20-7-9-28-21(26-20)17(12-24-28)14(2)25-13/h7,9-13,19,25H,2-6,8H2,1H3/i13D. The Balaban J connectivity index is 1.70. The van der Waals surface area contributed by atoms with Crippen molar-refractivity contribution in [3.05, 3.63) is 59.9 Å². The zero-order valence-corrected chi connectivity index (χ0v) is 15.8. The Morgan fingerprint density at radius 2 is 2.25 bits per heavy atom. The Bertz CT molecular complexity index is 1110. The highest BCUT2D eigenvalue weighted by atomic mass is 19.1. The zero-order chi connectivity index (χ0) is 20.2. The van der Waals surface area contributed by atoms with Crippen LogP contribution in [0.5, 0.6) is 0 Å². The average molecular weight is 379 g/mol. The van der Waals surface area contributed by atoms with E-state index < -0.39 is 6.02 Å². The molecule has 5 heterocycles. The lowest BCUT2D eigenvalue weighted by Crippen LogP contribution is -2.26. The normalized spacial score (nSPS) is 25.4. The van der Waals surface area contributed by atoms with Crippen LogP contribution < -0.4 is 10.2 Å². The summed E-state index contributed by atoms with van der Waals surface area (Å²) in [5.74, 6) is 0.499. The van der Waals surface area contributed by atoms with Gasteiger partial charge in [0.2, 0.25) is 0 Å². The second-order valence-electron chi connectivity index (χ2n) is 7.54. The van der Waals surface area contributed by atoms with Gasteiger partial charge in [0, 0.05) is 30.2 Å². The van der Waals surface area contributed by atoms with Crippen molar-refractivity contribution in [1.82, 2.24) is 24.9 Å². The topological polar surface area (TPSA) is 58.4 Å². The smallest absolute Gasteiger partial charge is 0.166 e. The maximum absolute atomic E-state index is 14.1. The van der Waals surface area contributed by atoms with Crippen molar-refractivity contribution in [1.29, 1.82) is 0 Å². The van der Waals surface area contributed by atoms with Gasteiger partial charge in [0.1, 0.15) is 11.6 Å². The predicted octanol–water partition coefficient (Wildman–Crippen LogP) is 3.50. The van der Waals surface area contributed by atoms with Gasteiger partial charge in [0.05, 0.1) is 25.4 Å². The predicted molar refractivity (Wildman–Crippen MR) is 106 cm³/mol. The number of nitrogens with zero attached hydrogens (tertiary/aromatic N) is 5. The number of hydrogen-bond donors (Lipinski definition) is 1. The van der Waals surface area contributed by atoms with Gasteiger partial charge in [-0.2, -0.15) is 5.10 Å². The van der Waals surface area contributed by atoms with Gasteiger partial charge >= 0.3 is 0 Å². The largest absolute Gasteiger partial charge is 0.382 e. The van der Waals surface area contributed by atoms with Gasteiger partial charge in [0.25, 0.3) is 0 Å². The molecule has 1 fully saturated rings. The third-order valence-electron chi connectivity index (χ3n) is 5.66. The van der Waals surface area contributed by atoms with Crippen LogP contribution >= 0.6 is 0 Å². The summed E-state index contributed by atoms with van der Waals surface area (Å²) in [6.07, 6.45) is 7.89.